The van der Waals surface area contributed by atoms with Gasteiger partial charge in [-0.25, -0.2) is 0 Å². The molecule has 3 heteroatoms. The van der Waals surface area contributed by atoms with Crippen molar-refractivity contribution in [2.75, 3.05) is 26.2 Å². The molecule has 0 aromatic rings. The van der Waals surface area contributed by atoms with Crippen LogP contribution in [0.4, 0.5) is 0 Å². The van der Waals surface area contributed by atoms with Gasteiger partial charge in [0.25, 0.3) is 0 Å². The third-order valence-electron chi connectivity index (χ3n) is 2.86. The summed E-state index contributed by atoms with van der Waals surface area (Å²) in [7, 11) is 0. The lowest BCUT2D eigenvalue weighted by atomic mass is 10.1. The van der Waals surface area contributed by atoms with E-state index in [0.717, 1.165) is 13.1 Å². The molecule has 16 heavy (non-hydrogen) atoms. The van der Waals surface area contributed by atoms with Crippen molar-refractivity contribution in [2.24, 2.45) is 0 Å². The van der Waals surface area contributed by atoms with E-state index in [-0.39, 0.29) is 5.60 Å². The molecule has 0 amide bonds. The summed E-state index contributed by atoms with van der Waals surface area (Å²) >= 11 is 0. The Kier molecular flexibility index (Phi) is 5.27. The van der Waals surface area contributed by atoms with Crippen LogP contribution in [-0.2, 0) is 4.74 Å². The maximum atomic E-state index is 9.82. The molecule has 1 fully saturated rings. The van der Waals surface area contributed by atoms with Crippen molar-refractivity contribution >= 4 is 0 Å². The molecule has 0 radical (unpaired) electrons. The van der Waals surface area contributed by atoms with Crippen LogP contribution >= 0.6 is 0 Å². The minimum atomic E-state index is -0.407. The summed E-state index contributed by atoms with van der Waals surface area (Å²) in [5.41, 5.74) is -0.333. The largest absolute Gasteiger partial charge is 0.389 e. The van der Waals surface area contributed by atoms with Crippen molar-refractivity contribution in [1.29, 1.82) is 0 Å². The predicted molar refractivity (Wildman–Crippen MR) is 65.2 cm³/mol. The highest BCUT2D eigenvalue weighted by atomic mass is 16.5. The molecule has 0 aromatic carbocycles. The Morgan fingerprint density at radius 2 is 2.06 bits per heavy atom. The molecule has 1 aliphatic heterocycles. The fourth-order valence-electron chi connectivity index (χ4n) is 1.93. The van der Waals surface area contributed by atoms with Crippen LogP contribution in [0.1, 0.15) is 33.1 Å². The molecule has 92 valence electrons. The summed E-state index contributed by atoms with van der Waals surface area (Å²) in [5.74, 6) is 2.59. The first kappa shape index (κ1) is 13.5. The van der Waals surface area contributed by atoms with Gasteiger partial charge in [-0.1, -0.05) is 0 Å². The molecule has 1 atom stereocenters. The first-order chi connectivity index (χ1) is 7.53. The predicted octanol–water partition coefficient (Wildman–Crippen LogP) is 1.26. The van der Waals surface area contributed by atoms with Crippen LogP contribution in [0.3, 0.4) is 0 Å². The monoisotopic (exact) mass is 225 g/mol. The van der Waals surface area contributed by atoms with Gasteiger partial charge >= 0.3 is 0 Å². The number of hydrogen-bond acceptors (Lipinski definition) is 3. The van der Waals surface area contributed by atoms with Crippen molar-refractivity contribution < 1.29 is 9.84 Å². The fraction of sp³-hybridized carbons (Fsp3) is 0.846. The highest BCUT2D eigenvalue weighted by molar-refractivity contribution is 4.92. The van der Waals surface area contributed by atoms with E-state index in [1.165, 1.54) is 12.8 Å². The summed E-state index contributed by atoms with van der Waals surface area (Å²) in [6, 6.07) is 0. The second kappa shape index (κ2) is 6.24. The Labute approximate surface area is 98.8 Å². The average molecular weight is 225 g/mol. The van der Waals surface area contributed by atoms with Crippen LogP contribution in [0.25, 0.3) is 0 Å². The van der Waals surface area contributed by atoms with Crippen molar-refractivity contribution in [2.45, 2.75) is 44.8 Å². The van der Waals surface area contributed by atoms with Gasteiger partial charge in [-0.3, -0.25) is 0 Å². The lowest BCUT2D eigenvalue weighted by molar-refractivity contribution is -0.0617. The Bertz CT molecular complexity index is 239. The van der Waals surface area contributed by atoms with E-state index in [1.807, 2.05) is 13.8 Å². The minimum absolute atomic E-state index is 0.333. The zero-order valence-corrected chi connectivity index (χ0v) is 10.4. The van der Waals surface area contributed by atoms with Gasteiger partial charge in [0.1, 0.15) is 0 Å². The van der Waals surface area contributed by atoms with Crippen molar-refractivity contribution in [3.63, 3.8) is 0 Å². The molecule has 1 aliphatic rings. The van der Waals surface area contributed by atoms with Crippen LogP contribution in [0, 0.1) is 12.3 Å². The van der Waals surface area contributed by atoms with E-state index in [0.29, 0.717) is 19.6 Å². The highest BCUT2D eigenvalue weighted by Crippen LogP contribution is 2.14. The number of rotatable bonds is 6. The maximum Gasteiger partial charge on any atom is 0.0900 e. The summed E-state index contributed by atoms with van der Waals surface area (Å²) < 4.78 is 5.62. The maximum absolute atomic E-state index is 9.82. The quantitative estimate of drug-likeness (QED) is 0.691. The van der Waals surface area contributed by atoms with Gasteiger partial charge in [0, 0.05) is 13.0 Å². The number of likely N-dealkylation sites (tertiary alicyclic amines) is 1. The average Bonchev–Trinajstić information content (AvgIpc) is 2.68. The molecule has 0 saturated carbocycles. The molecule has 0 unspecified atom stereocenters. The third-order valence-corrected chi connectivity index (χ3v) is 2.86. The number of hydrogen-bond donors (Lipinski definition) is 1. The first-order valence-corrected chi connectivity index (χ1v) is 6.01. The fourth-order valence-corrected chi connectivity index (χ4v) is 1.93. The molecule has 1 N–H and O–H groups in total. The van der Waals surface area contributed by atoms with Crippen molar-refractivity contribution in [1.82, 2.24) is 4.90 Å². The van der Waals surface area contributed by atoms with Crippen LogP contribution < -0.4 is 0 Å². The second-order valence-electron chi connectivity index (χ2n) is 5.11. The van der Waals surface area contributed by atoms with Gasteiger partial charge in [-0.05, 0) is 39.8 Å². The van der Waals surface area contributed by atoms with E-state index in [1.54, 1.807) is 0 Å². The Balaban J connectivity index is 2.18. The van der Waals surface area contributed by atoms with Crippen molar-refractivity contribution in [3.8, 4) is 12.3 Å². The molecule has 3 nitrogen and oxygen atoms in total. The van der Waals surface area contributed by atoms with Crippen LogP contribution in [-0.4, -0.2) is 48.0 Å². The number of ether oxygens (including phenoxy) is 1. The van der Waals surface area contributed by atoms with Gasteiger partial charge < -0.3 is 14.7 Å². The van der Waals surface area contributed by atoms with E-state index in [9.17, 15) is 5.11 Å². The van der Waals surface area contributed by atoms with Gasteiger partial charge in [0.05, 0.1) is 18.3 Å². The number of β-amino-alcohol motifs (C(OH)–C–C–N with tert-alkyl or cyclic N) is 1. The molecule has 0 aliphatic carbocycles. The van der Waals surface area contributed by atoms with Crippen LogP contribution in [0.15, 0.2) is 0 Å². The Morgan fingerprint density at radius 3 is 2.62 bits per heavy atom. The zero-order chi connectivity index (χ0) is 12.0. The van der Waals surface area contributed by atoms with Gasteiger partial charge in [0.2, 0.25) is 0 Å². The topological polar surface area (TPSA) is 32.7 Å². The first-order valence-electron chi connectivity index (χ1n) is 6.01. The van der Waals surface area contributed by atoms with Crippen LogP contribution in [0.2, 0.25) is 0 Å². The lowest BCUT2D eigenvalue weighted by Crippen LogP contribution is -2.36. The Hall–Kier alpha value is -0.560. The van der Waals surface area contributed by atoms with Crippen molar-refractivity contribution in [3.05, 3.63) is 0 Å². The van der Waals surface area contributed by atoms with E-state index in [2.05, 4.69) is 10.8 Å². The SMILES string of the molecule is C#CCC(C)(C)OC[C@H](O)CN1CCCC1. The van der Waals surface area contributed by atoms with Gasteiger partial charge in [-0.2, -0.15) is 0 Å². The smallest absolute Gasteiger partial charge is 0.0900 e. The summed E-state index contributed by atoms with van der Waals surface area (Å²) in [6.07, 6.45) is 7.91. The highest BCUT2D eigenvalue weighted by Gasteiger charge is 2.21. The molecule has 1 heterocycles. The van der Waals surface area contributed by atoms with Gasteiger partial charge in [-0.15, -0.1) is 12.3 Å². The minimum Gasteiger partial charge on any atom is -0.389 e. The third kappa shape index (κ3) is 4.98. The lowest BCUT2D eigenvalue weighted by Gasteiger charge is -2.26. The summed E-state index contributed by atoms with van der Waals surface area (Å²) in [4.78, 5) is 2.28. The summed E-state index contributed by atoms with van der Waals surface area (Å²) in [5, 5.41) is 9.82. The number of terminal acetylenes is 1. The number of aliphatic hydroxyl groups excluding tert-OH is 1. The molecule has 1 saturated heterocycles. The van der Waals surface area contributed by atoms with Gasteiger partial charge in [0.15, 0.2) is 0 Å². The van der Waals surface area contributed by atoms with E-state index in [4.69, 9.17) is 11.2 Å². The summed E-state index contributed by atoms with van der Waals surface area (Å²) in [6.45, 7) is 7.19. The number of aliphatic hydroxyl groups is 1. The zero-order valence-electron chi connectivity index (χ0n) is 10.4. The second-order valence-corrected chi connectivity index (χ2v) is 5.11. The van der Waals surface area contributed by atoms with E-state index < -0.39 is 6.10 Å². The number of nitrogens with zero attached hydrogens (tertiary/aromatic N) is 1. The molecule has 0 spiro atoms. The molecule has 1 rings (SSSR count). The molecule has 0 aromatic heterocycles. The molecule has 0 bridgehead atoms. The van der Waals surface area contributed by atoms with E-state index >= 15 is 0 Å². The van der Waals surface area contributed by atoms with Crippen LogP contribution in [0.5, 0.6) is 0 Å². The standard InChI is InChI=1S/C13H23NO2/c1-4-7-13(2,3)16-11-12(15)10-14-8-5-6-9-14/h1,12,15H,5-11H2,2-3H3/t12-/m1/s1. The molecular weight excluding hydrogens is 202 g/mol. The normalized spacial score (nSPS) is 19.6. The molecular formula is C13H23NO2. The Morgan fingerprint density at radius 1 is 1.44 bits per heavy atom.